The molecule has 9 heteroatoms. The van der Waals surface area contributed by atoms with E-state index in [0.717, 1.165) is 12.3 Å². The van der Waals surface area contributed by atoms with Gasteiger partial charge in [0.25, 0.3) is 0 Å². The molecule has 0 bridgehead atoms. The van der Waals surface area contributed by atoms with Gasteiger partial charge in [0, 0.05) is 51.0 Å². The SMILES string of the molecule is CC(C)SCCN1CCN(S(=O)(=O)N=S(C)(C)=O)CC1. The summed E-state index contributed by atoms with van der Waals surface area (Å²) in [7, 11) is -6.39. The first-order valence-electron chi connectivity index (χ1n) is 6.62. The summed E-state index contributed by atoms with van der Waals surface area (Å²) in [5.41, 5.74) is 0. The second kappa shape index (κ2) is 7.44. The Hall–Kier alpha value is 0.170. The van der Waals surface area contributed by atoms with Crippen LogP contribution >= 0.6 is 11.8 Å². The molecular formula is C11H25N3O3S3. The highest BCUT2D eigenvalue weighted by Crippen LogP contribution is 2.13. The van der Waals surface area contributed by atoms with Crippen molar-refractivity contribution in [2.24, 2.45) is 3.77 Å². The zero-order valence-corrected chi connectivity index (χ0v) is 15.1. The maximum Gasteiger partial charge on any atom is 0.330 e. The van der Waals surface area contributed by atoms with E-state index in [0.29, 0.717) is 31.4 Å². The fraction of sp³-hybridized carbons (Fsp3) is 1.00. The quantitative estimate of drug-likeness (QED) is 0.711. The van der Waals surface area contributed by atoms with Gasteiger partial charge in [-0.25, -0.2) is 4.21 Å². The van der Waals surface area contributed by atoms with E-state index in [2.05, 4.69) is 22.5 Å². The highest BCUT2D eigenvalue weighted by molar-refractivity contribution is 8.01. The van der Waals surface area contributed by atoms with Crippen LogP contribution in [-0.2, 0) is 19.9 Å². The van der Waals surface area contributed by atoms with Gasteiger partial charge >= 0.3 is 10.2 Å². The third-order valence-corrected chi connectivity index (χ3v) is 7.08. The van der Waals surface area contributed by atoms with Crippen molar-refractivity contribution in [3.8, 4) is 0 Å². The molecule has 120 valence electrons. The van der Waals surface area contributed by atoms with E-state index in [1.165, 1.54) is 16.8 Å². The predicted molar refractivity (Wildman–Crippen MR) is 86.9 cm³/mol. The van der Waals surface area contributed by atoms with Crippen molar-refractivity contribution in [3.63, 3.8) is 0 Å². The van der Waals surface area contributed by atoms with E-state index in [9.17, 15) is 12.6 Å². The average molecular weight is 344 g/mol. The Morgan fingerprint density at radius 1 is 1.10 bits per heavy atom. The summed E-state index contributed by atoms with van der Waals surface area (Å²) < 4.78 is 40.3. The first-order chi connectivity index (χ1) is 9.10. The molecule has 0 aliphatic carbocycles. The number of hydrogen-bond donors (Lipinski definition) is 0. The molecule has 1 aliphatic rings. The van der Waals surface area contributed by atoms with Crippen LogP contribution in [0.15, 0.2) is 3.77 Å². The van der Waals surface area contributed by atoms with Crippen molar-refractivity contribution in [1.29, 1.82) is 0 Å². The number of hydrogen-bond acceptors (Lipinski definition) is 5. The Bertz CT molecular complexity index is 508. The molecule has 0 aromatic rings. The molecule has 0 atom stereocenters. The Morgan fingerprint density at radius 3 is 2.10 bits per heavy atom. The van der Waals surface area contributed by atoms with Crippen LogP contribution in [0.3, 0.4) is 0 Å². The molecule has 6 nitrogen and oxygen atoms in total. The number of piperazine rings is 1. The predicted octanol–water partition coefficient (Wildman–Crippen LogP) is 0.718. The fourth-order valence-corrected chi connectivity index (χ4v) is 5.53. The smallest absolute Gasteiger partial charge is 0.300 e. The Morgan fingerprint density at radius 2 is 1.65 bits per heavy atom. The second-order valence-electron chi connectivity index (χ2n) is 5.39. The molecule has 1 fully saturated rings. The average Bonchev–Trinajstić information content (AvgIpc) is 2.26. The lowest BCUT2D eigenvalue weighted by atomic mass is 10.4. The molecule has 0 unspecified atom stereocenters. The molecule has 1 heterocycles. The van der Waals surface area contributed by atoms with E-state index >= 15 is 0 Å². The second-order valence-corrected chi connectivity index (χ2v) is 11.4. The van der Waals surface area contributed by atoms with Crippen molar-refractivity contribution < 1.29 is 12.6 Å². The molecular weight excluding hydrogens is 318 g/mol. The Labute approximate surface area is 127 Å². The number of rotatable bonds is 6. The number of nitrogens with zero attached hydrogens (tertiary/aromatic N) is 3. The van der Waals surface area contributed by atoms with E-state index < -0.39 is 19.9 Å². The highest BCUT2D eigenvalue weighted by Gasteiger charge is 2.26. The topological polar surface area (TPSA) is 70.1 Å². The molecule has 1 saturated heterocycles. The summed E-state index contributed by atoms with van der Waals surface area (Å²) in [5, 5.41) is 0.623. The van der Waals surface area contributed by atoms with Gasteiger partial charge < -0.3 is 0 Å². The van der Waals surface area contributed by atoms with Crippen molar-refractivity contribution in [2.45, 2.75) is 19.1 Å². The van der Waals surface area contributed by atoms with Gasteiger partial charge in [-0.05, 0) is 5.25 Å². The molecule has 0 spiro atoms. The third-order valence-electron chi connectivity index (χ3n) is 2.79. The molecule has 1 aliphatic heterocycles. The van der Waals surface area contributed by atoms with Crippen LogP contribution in [0.25, 0.3) is 0 Å². The van der Waals surface area contributed by atoms with Gasteiger partial charge in [-0.3, -0.25) is 4.90 Å². The maximum absolute atomic E-state index is 12.0. The highest BCUT2D eigenvalue weighted by atomic mass is 32.3. The summed E-state index contributed by atoms with van der Waals surface area (Å²) in [4.78, 5) is 2.26. The van der Waals surface area contributed by atoms with Gasteiger partial charge in [0.2, 0.25) is 0 Å². The fourth-order valence-electron chi connectivity index (χ4n) is 1.88. The Kier molecular flexibility index (Phi) is 6.78. The van der Waals surface area contributed by atoms with E-state index in [-0.39, 0.29) is 0 Å². The molecule has 0 aromatic carbocycles. The van der Waals surface area contributed by atoms with Crippen LogP contribution < -0.4 is 0 Å². The molecule has 20 heavy (non-hydrogen) atoms. The van der Waals surface area contributed by atoms with Crippen LogP contribution in [0.5, 0.6) is 0 Å². The minimum absolute atomic E-state index is 0.424. The third kappa shape index (κ3) is 6.75. The zero-order chi connectivity index (χ0) is 15.4. The zero-order valence-electron chi connectivity index (χ0n) is 12.6. The normalized spacial score (nSPS) is 19.4. The van der Waals surface area contributed by atoms with Gasteiger partial charge in [-0.2, -0.15) is 24.5 Å². The van der Waals surface area contributed by atoms with Crippen LogP contribution in [-0.4, -0.2) is 78.1 Å². The van der Waals surface area contributed by atoms with Gasteiger partial charge in [0.05, 0.1) is 9.73 Å². The summed E-state index contributed by atoms with van der Waals surface area (Å²) in [6.07, 6.45) is 2.67. The van der Waals surface area contributed by atoms with Gasteiger partial charge in [0.15, 0.2) is 0 Å². The van der Waals surface area contributed by atoms with Crippen molar-refractivity contribution in [2.75, 3.05) is 51.0 Å². The lowest BCUT2D eigenvalue weighted by Crippen LogP contribution is -2.48. The first kappa shape index (κ1) is 18.2. The lowest BCUT2D eigenvalue weighted by molar-refractivity contribution is 0.198. The summed E-state index contributed by atoms with van der Waals surface area (Å²) in [5.74, 6) is 1.06. The van der Waals surface area contributed by atoms with Crippen LogP contribution in [0, 0.1) is 0 Å². The summed E-state index contributed by atoms with van der Waals surface area (Å²) >= 11 is 1.91. The molecule has 0 aromatic heterocycles. The number of thioether (sulfide) groups is 1. The first-order valence-corrected chi connectivity index (χ1v) is 11.4. The minimum atomic E-state index is -3.75. The molecule has 0 amide bonds. The van der Waals surface area contributed by atoms with Crippen molar-refractivity contribution in [1.82, 2.24) is 9.21 Å². The van der Waals surface area contributed by atoms with E-state index in [1.807, 2.05) is 11.8 Å². The standard InChI is InChI=1S/C11H25N3O3S3/c1-11(2)18-10-9-13-5-7-14(8-6-13)20(16,17)12-19(3,4)15/h11H,5-10H2,1-4H3. The summed E-state index contributed by atoms with van der Waals surface area (Å²) in [6, 6.07) is 0. The van der Waals surface area contributed by atoms with Crippen LogP contribution in [0.2, 0.25) is 0 Å². The van der Waals surface area contributed by atoms with Gasteiger partial charge in [-0.15, -0.1) is 0 Å². The maximum atomic E-state index is 12.0. The lowest BCUT2D eigenvalue weighted by Gasteiger charge is -2.32. The molecule has 0 radical (unpaired) electrons. The van der Waals surface area contributed by atoms with Crippen LogP contribution in [0.4, 0.5) is 0 Å². The van der Waals surface area contributed by atoms with E-state index in [1.54, 1.807) is 0 Å². The summed E-state index contributed by atoms with van der Waals surface area (Å²) in [6.45, 7) is 7.59. The van der Waals surface area contributed by atoms with Gasteiger partial charge in [-0.1, -0.05) is 17.6 Å². The van der Waals surface area contributed by atoms with E-state index in [4.69, 9.17) is 0 Å². The molecule has 0 saturated carbocycles. The van der Waals surface area contributed by atoms with Crippen LogP contribution in [0.1, 0.15) is 13.8 Å². The largest absolute Gasteiger partial charge is 0.330 e. The minimum Gasteiger partial charge on any atom is -0.300 e. The van der Waals surface area contributed by atoms with Crippen molar-refractivity contribution >= 4 is 31.7 Å². The molecule has 0 N–H and O–H groups in total. The van der Waals surface area contributed by atoms with Crippen molar-refractivity contribution in [3.05, 3.63) is 0 Å². The molecule has 1 rings (SSSR count). The Balaban J connectivity index is 2.48. The monoisotopic (exact) mass is 343 g/mol. The van der Waals surface area contributed by atoms with Gasteiger partial charge in [0.1, 0.15) is 0 Å².